The summed E-state index contributed by atoms with van der Waals surface area (Å²) in [6, 6.07) is 3.77. The van der Waals surface area contributed by atoms with Gasteiger partial charge in [-0.1, -0.05) is 0 Å². The van der Waals surface area contributed by atoms with Crippen LogP contribution < -0.4 is 0 Å². The Hall–Kier alpha value is -1.22. The lowest BCUT2D eigenvalue weighted by atomic mass is 9.92. The van der Waals surface area contributed by atoms with Gasteiger partial charge < -0.3 is 0 Å². The smallest absolute Gasteiger partial charge is 0.184 e. The Bertz CT molecular complexity index is 403. The van der Waals surface area contributed by atoms with E-state index in [0.717, 1.165) is 18.8 Å². The van der Waals surface area contributed by atoms with Crippen LogP contribution in [0.1, 0.15) is 42.7 Å². The average Bonchev–Trinajstić information content (AvgIpc) is 2.83. The van der Waals surface area contributed by atoms with Crippen molar-refractivity contribution >= 4 is 5.78 Å². The third-order valence-electron chi connectivity index (χ3n) is 3.63. The first kappa shape index (κ1) is 12.2. The van der Waals surface area contributed by atoms with E-state index in [9.17, 15) is 4.79 Å². The molecule has 2 heterocycles. The van der Waals surface area contributed by atoms with E-state index < -0.39 is 5.54 Å². The minimum absolute atomic E-state index is 0.173. The molecule has 92 valence electrons. The molecule has 17 heavy (non-hydrogen) atoms. The summed E-state index contributed by atoms with van der Waals surface area (Å²) in [4.78, 5) is 19.0. The summed E-state index contributed by atoms with van der Waals surface area (Å²) in [5, 5.41) is 0. The molecule has 0 aromatic carbocycles. The van der Waals surface area contributed by atoms with E-state index in [-0.39, 0.29) is 5.78 Å². The Morgan fingerprint density at radius 1 is 1.29 bits per heavy atom. The van der Waals surface area contributed by atoms with Gasteiger partial charge in [0.25, 0.3) is 0 Å². The predicted molar refractivity (Wildman–Crippen MR) is 68.2 cm³/mol. The molecule has 1 aliphatic rings. The van der Waals surface area contributed by atoms with Crippen molar-refractivity contribution in [2.45, 2.75) is 39.2 Å². The van der Waals surface area contributed by atoms with Crippen LogP contribution in [0.25, 0.3) is 0 Å². The number of nitrogens with zero attached hydrogens (tertiary/aromatic N) is 2. The van der Waals surface area contributed by atoms with E-state index in [1.807, 2.05) is 32.9 Å². The molecule has 1 aromatic heterocycles. The summed E-state index contributed by atoms with van der Waals surface area (Å²) in [6.07, 6.45) is 4.08. The number of carbonyl (C=O) groups is 1. The molecular formula is C14H20N2O. The molecule has 0 atom stereocenters. The van der Waals surface area contributed by atoms with Crippen LogP contribution >= 0.6 is 0 Å². The van der Waals surface area contributed by atoms with Gasteiger partial charge in [-0.25, -0.2) is 0 Å². The van der Waals surface area contributed by atoms with Crippen LogP contribution in [0.5, 0.6) is 0 Å². The molecule has 1 fully saturated rings. The number of hydrogen-bond donors (Lipinski definition) is 0. The van der Waals surface area contributed by atoms with Crippen molar-refractivity contribution in [2.75, 3.05) is 13.1 Å². The number of rotatable bonds is 3. The Morgan fingerprint density at radius 3 is 2.47 bits per heavy atom. The van der Waals surface area contributed by atoms with Crippen LogP contribution in [0.15, 0.2) is 18.3 Å². The zero-order chi connectivity index (χ0) is 12.5. The summed E-state index contributed by atoms with van der Waals surface area (Å²) in [6.45, 7) is 8.01. The van der Waals surface area contributed by atoms with E-state index in [0.29, 0.717) is 5.56 Å². The van der Waals surface area contributed by atoms with Crippen LogP contribution in [0, 0.1) is 6.92 Å². The third kappa shape index (κ3) is 2.39. The second-order valence-electron chi connectivity index (χ2n) is 5.27. The SMILES string of the molecule is Cc1ccc(C(=O)C(C)(C)N2CCCC2)cn1. The molecule has 3 nitrogen and oxygen atoms in total. The zero-order valence-electron chi connectivity index (χ0n) is 10.9. The lowest BCUT2D eigenvalue weighted by molar-refractivity contribution is 0.0702. The monoisotopic (exact) mass is 232 g/mol. The van der Waals surface area contributed by atoms with Gasteiger partial charge in [-0.2, -0.15) is 0 Å². The lowest BCUT2D eigenvalue weighted by Gasteiger charge is -2.33. The van der Waals surface area contributed by atoms with Gasteiger partial charge in [0.1, 0.15) is 0 Å². The number of carbonyl (C=O) groups excluding carboxylic acids is 1. The van der Waals surface area contributed by atoms with Crippen molar-refractivity contribution in [3.8, 4) is 0 Å². The zero-order valence-corrected chi connectivity index (χ0v) is 10.9. The number of aromatic nitrogens is 1. The van der Waals surface area contributed by atoms with Crippen molar-refractivity contribution in [1.29, 1.82) is 0 Å². The lowest BCUT2D eigenvalue weighted by Crippen LogP contribution is -2.48. The molecule has 2 rings (SSSR count). The number of aryl methyl sites for hydroxylation is 1. The summed E-state index contributed by atoms with van der Waals surface area (Å²) in [5.41, 5.74) is 1.25. The van der Waals surface area contributed by atoms with Gasteiger partial charge in [0, 0.05) is 17.5 Å². The van der Waals surface area contributed by atoms with E-state index in [1.54, 1.807) is 6.20 Å². The van der Waals surface area contributed by atoms with Gasteiger partial charge in [0.05, 0.1) is 5.54 Å². The Balaban J connectivity index is 2.20. The third-order valence-corrected chi connectivity index (χ3v) is 3.63. The summed E-state index contributed by atoms with van der Waals surface area (Å²) in [5.74, 6) is 0.173. The number of hydrogen-bond acceptors (Lipinski definition) is 3. The fraction of sp³-hybridized carbons (Fsp3) is 0.571. The van der Waals surface area contributed by atoms with Crippen LogP contribution in [0.3, 0.4) is 0 Å². The number of pyridine rings is 1. The molecular weight excluding hydrogens is 212 g/mol. The molecule has 0 spiro atoms. The topological polar surface area (TPSA) is 33.2 Å². The molecule has 0 unspecified atom stereocenters. The van der Waals surface area contributed by atoms with Crippen molar-refractivity contribution in [3.05, 3.63) is 29.6 Å². The molecule has 3 heteroatoms. The highest BCUT2D eigenvalue weighted by Gasteiger charge is 2.36. The minimum Gasteiger partial charge on any atom is -0.292 e. The molecule has 1 saturated heterocycles. The molecule has 1 aromatic rings. The van der Waals surface area contributed by atoms with E-state index in [1.165, 1.54) is 12.8 Å². The first-order valence-corrected chi connectivity index (χ1v) is 6.24. The van der Waals surface area contributed by atoms with Gasteiger partial charge in [-0.15, -0.1) is 0 Å². The Morgan fingerprint density at radius 2 is 1.94 bits per heavy atom. The summed E-state index contributed by atoms with van der Waals surface area (Å²) < 4.78 is 0. The minimum atomic E-state index is -0.409. The molecule has 0 bridgehead atoms. The van der Waals surface area contributed by atoms with Crippen LogP contribution in [-0.4, -0.2) is 34.3 Å². The highest BCUT2D eigenvalue weighted by atomic mass is 16.1. The second kappa shape index (κ2) is 4.57. The highest BCUT2D eigenvalue weighted by molar-refractivity contribution is 6.02. The Kier molecular flexibility index (Phi) is 3.29. The van der Waals surface area contributed by atoms with Crippen LogP contribution in [0.2, 0.25) is 0 Å². The molecule has 0 amide bonds. The van der Waals surface area contributed by atoms with Gasteiger partial charge in [-0.05, 0) is 58.8 Å². The quantitative estimate of drug-likeness (QED) is 0.750. The van der Waals surface area contributed by atoms with Crippen LogP contribution in [-0.2, 0) is 0 Å². The van der Waals surface area contributed by atoms with Crippen molar-refractivity contribution in [3.63, 3.8) is 0 Å². The molecule has 0 radical (unpaired) electrons. The fourth-order valence-corrected chi connectivity index (χ4v) is 2.38. The second-order valence-corrected chi connectivity index (χ2v) is 5.27. The summed E-state index contributed by atoms with van der Waals surface area (Å²) >= 11 is 0. The predicted octanol–water partition coefficient (Wildman–Crippen LogP) is 2.45. The van der Waals surface area contributed by atoms with E-state index >= 15 is 0 Å². The number of ketones is 1. The van der Waals surface area contributed by atoms with Gasteiger partial charge in [-0.3, -0.25) is 14.7 Å². The molecule has 0 N–H and O–H groups in total. The van der Waals surface area contributed by atoms with Gasteiger partial charge >= 0.3 is 0 Å². The normalized spacial score (nSPS) is 17.4. The highest BCUT2D eigenvalue weighted by Crippen LogP contribution is 2.24. The van der Waals surface area contributed by atoms with Gasteiger partial charge in [0.2, 0.25) is 0 Å². The number of likely N-dealkylation sites (tertiary alicyclic amines) is 1. The first-order chi connectivity index (χ1) is 8.01. The molecule has 0 aliphatic carbocycles. The molecule has 0 saturated carbocycles. The Labute approximate surface area is 103 Å². The maximum atomic E-state index is 12.5. The average molecular weight is 232 g/mol. The largest absolute Gasteiger partial charge is 0.292 e. The van der Waals surface area contributed by atoms with Crippen LogP contribution in [0.4, 0.5) is 0 Å². The maximum absolute atomic E-state index is 12.5. The van der Waals surface area contributed by atoms with Gasteiger partial charge in [0.15, 0.2) is 5.78 Å². The first-order valence-electron chi connectivity index (χ1n) is 6.24. The van der Waals surface area contributed by atoms with E-state index in [2.05, 4.69) is 9.88 Å². The maximum Gasteiger partial charge on any atom is 0.184 e. The van der Waals surface area contributed by atoms with Crippen molar-refractivity contribution < 1.29 is 4.79 Å². The van der Waals surface area contributed by atoms with Crippen molar-refractivity contribution in [2.24, 2.45) is 0 Å². The molecule has 1 aliphatic heterocycles. The van der Waals surface area contributed by atoms with Crippen molar-refractivity contribution in [1.82, 2.24) is 9.88 Å². The fourth-order valence-electron chi connectivity index (χ4n) is 2.38. The van der Waals surface area contributed by atoms with E-state index in [4.69, 9.17) is 0 Å². The number of Topliss-reactive ketones (excluding diaryl/α,β-unsaturated/α-hetero) is 1. The summed E-state index contributed by atoms with van der Waals surface area (Å²) in [7, 11) is 0. The standard InChI is InChI=1S/C14H20N2O/c1-11-6-7-12(10-15-11)13(17)14(2,3)16-8-4-5-9-16/h6-7,10H,4-5,8-9H2,1-3H3.